The zero-order valence-electron chi connectivity index (χ0n) is 5.81. The molecule has 5 nitrogen and oxygen atoms in total. The highest BCUT2D eigenvalue weighted by Gasteiger charge is 2.06. The van der Waals surface area contributed by atoms with E-state index in [1.165, 1.54) is 13.1 Å². The van der Waals surface area contributed by atoms with E-state index in [1.807, 2.05) is 0 Å². The lowest BCUT2D eigenvalue weighted by Crippen LogP contribution is -2.04. The summed E-state index contributed by atoms with van der Waals surface area (Å²) in [6, 6.07) is 0. The third-order valence-electron chi connectivity index (χ3n) is 1.16. The van der Waals surface area contributed by atoms with Crippen LogP contribution in [0.25, 0.3) is 0 Å². The van der Waals surface area contributed by atoms with Crippen LogP contribution in [0, 0.1) is 0 Å². The van der Waals surface area contributed by atoms with E-state index in [0.717, 1.165) is 10.9 Å². The fourth-order valence-electron chi connectivity index (χ4n) is 0.609. The molecule has 0 amide bonds. The zero-order valence-corrected chi connectivity index (χ0v) is 5.81. The Balaban J connectivity index is 2.99. The molecule has 0 aliphatic rings. The van der Waals surface area contributed by atoms with Crippen molar-refractivity contribution in [2.45, 2.75) is 6.92 Å². The van der Waals surface area contributed by atoms with E-state index in [9.17, 15) is 9.59 Å². The second-order valence-corrected chi connectivity index (χ2v) is 2.00. The van der Waals surface area contributed by atoms with E-state index in [1.54, 1.807) is 0 Å². The van der Waals surface area contributed by atoms with Gasteiger partial charge in [0.15, 0.2) is 5.78 Å². The summed E-state index contributed by atoms with van der Waals surface area (Å²) < 4.78 is 0.830. The summed E-state index contributed by atoms with van der Waals surface area (Å²) in [5.74, 6) is -0.245. The van der Waals surface area contributed by atoms with Gasteiger partial charge in [0.25, 0.3) is 0 Å². The van der Waals surface area contributed by atoms with Gasteiger partial charge in [0.1, 0.15) is 12.0 Å². The fourth-order valence-corrected chi connectivity index (χ4v) is 0.609. The smallest absolute Gasteiger partial charge is 0.416 e. The van der Waals surface area contributed by atoms with Crippen molar-refractivity contribution in [1.29, 1.82) is 0 Å². The van der Waals surface area contributed by atoms with Gasteiger partial charge in [0.05, 0.1) is 0 Å². The molecule has 0 spiro atoms. The number of rotatable bonds is 1. The molecule has 0 radical (unpaired) electrons. The summed E-state index contributed by atoms with van der Waals surface area (Å²) >= 11 is 0. The van der Waals surface area contributed by atoms with Crippen LogP contribution in [0.1, 0.15) is 17.4 Å². The third kappa shape index (κ3) is 1.43. The van der Waals surface area contributed by atoms with Crippen molar-refractivity contribution in [3.63, 3.8) is 0 Å². The van der Waals surface area contributed by atoms with E-state index in [4.69, 9.17) is 5.11 Å². The first kappa shape index (κ1) is 7.46. The number of aromatic nitrogens is 2. The normalized spacial score (nSPS) is 9.55. The molecule has 1 N–H and O–H groups in total. The summed E-state index contributed by atoms with van der Waals surface area (Å²) in [5.41, 5.74) is 0.160. The van der Waals surface area contributed by atoms with Crippen molar-refractivity contribution < 1.29 is 14.7 Å². The van der Waals surface area contributed by atoms with Gasteiger partial charge in [-0.3, -0.25) is 4.79 Å². The minimum atomic E-state index is -1.15. The van der Waals surface area contributed by atoms with Crippen LogP contribution in [0.4, 0.5) is 4.79 Å². The van der Waals surface area contributed by atoms with Gasteiger partial charge in [0, 0.05) is 13.1 Å². The topological polar surface area (TPSA) is 72.2 Å². The molecule has 0 saturated heterocycles. The molecule has 1 aromatic heterocycles. The van der Waals surface area contributed by atoms with Crippen molar-refractivity contribution in [3.05, 3.63) is 18.2 Å². The molecule has 0 unspecified atom stereocenters. The minimum absolute atomic E-state index is 0.160. The maximum absolute atomic E-state index is 10.6. The molecule has 0 saturated carbocycles. The van der Waals surface area contributed by atoms with Gasteiger partial charge in [-0.05, 0) is 0 Å². The number of hydrogen-bond acceptors (Lipinski definition) is 3. The van der Waals surface area contributed by atoms with Crippen LogP contribution >= 0.6 is 0 Å². The molecule has 11 heavy (non-hydrogen) atoms. The lowest BCUT2D eigenvalue weighted by Gasteiger charge is -1.87. The molecule has 1 aromatic rings. The molecule has 0 aromatic carbocycles. The standard InChI is InChI=1S/C6H6N2O3/c1-4(9)5-2-8(3-7-5)6(10)11/h2-3H,1H3,(H,10,11). The molecule has 0 aliphatic carbocycles. The van der Waals surface area contributed by atoms with Gasteiger partial charge in [-0.15, -0.1) is 0 Å². The Morgan fingerprint density at radius 2 is 2.27 bits per heavy atom. The van der Waals surface area contributed by atoms with Gasteiger partial charge in [-0.25, -0.2) is 14.3 Å². The Morgan fingerprint density at radius 3 is 2.55 bits per heavy atom. The van der Waals surface area contributed by atoms with Crippen LogP contribution in [0.15, 0.2) is 12.5 Å². The Hall–Kier alpha value is -1.65. The summed E-state index contributed by atoms with van der Waals surface area (Å²) in [5, 5.41) is 8.39. The lowest BCUT2D eigenvalue weighted by molar-refractivity contribution is 0.101. The fraction of sp³-hybridized carbons (Fsp3) is 0.167. The number of carboxylic acid groups (broad SMARTS) is 1. The van der Waals surface area contributed by atoms with Gasteiger partial charge >= 0.3 is 6.09 Å². The second-order valence-electron chi connectivity index (χ2n) is 2.00. The molecule has 1 rings (SSSR count). The highest BCUT2D eigenvalue weighted by molar-refractivity contribution is 5.92. The molecule has 0 atom stereocenters. The Bertz CT molecular complexity index is 274. The highest BCUT2D eigenvalue weighted by Crippen LogP contribution is 1.95. The van der Waals surface area contributed by atoms with Crippen LogP contribution in [-0.4, -0.2) is 26.5 Å². The number of imidazole rings is 1. The van der Waals surface area contributed by atoms with Crippen molar-refractivity contribution in [2.75, 3.05) is 0 Å². The minimum Gasteiger partial charge on any atom is -0.464 e. The van der Waals surface area contributed by atoms with E-state index >= 15 is 0 Å². The number of Topliss-reactive ketones (excluding diaryl/α,β-unsaturated/α-hetero) is 1. The van der Waals surface area contributed by atoms with Gasteiger partial charge in [-0.1, -0.05) is 0 Å². The Morgan fingerprint density at radius 1 is 1.64 bits per heavy atom. The van der Waals surface area contributed by atoms with Gasteiger partial charge < -0.3 is 5.11 Å². The largest absolute Gasteiger partial charge is 0.464 e. The van der Waals surface area contributed by atoms with Crippen LogP contribution in [-0.2, 0) is 0 Å². The van der Waals surface area contributed by atoms with Gasteiger partial charge in [0.2, 0.25) is 0 Å². The molecular formula is C6H6N2O3. The Labute approximate surface area is 62.3 Å². The average molecular weight is 154 g/mol. The predicted molar refractivity (Wildman–Crippen MR) is 35.7 cm³/mol. The van der Waals surface area contributed by atoms with E-state index in [-0.39, 0.29) is 11.5 Å². The van der Waals surface area contributed by atoms with Crippen molar-refractivity contribution in [2.24, 2.45) is 0 Å². The first-order chi connectivity index (χ1) is 5.11. The van der Waals surface area contributed by atoms with Crippen LogP contribution in [0.3, 0.4) is 0 Å². The quantitative estimate of drug-likeness (QED) is 0.601. The summed E-state index contributed by atoms with van der Waals surface area (Å²) in [6.45, 7) is 1.33. The summed E-state index contributed by atoms with van der Waals surface area (Å²) in [7, 11) is 0. The van der Waals surface area contributed by atoms with E-state index in [0.29, 0.717) is 0 Å². The third-order valence-corrected chi connectivity index (χ3v) is 1.16. The van der Waals surface area contributed by atoms with Crippen molar-refractivity contribution in [3.8, 4) is 0 Å². The number of ketones is 1. The van der Waals surface area contributed by atoms with Crippen LogP contribution < -0.4 is 0 Å². The highest BCUT2D eigenvalue weighted by atomic mass is 16.4. The SMILES string of the molecule is CC(=O)c1cn(C(=O)O)cn1. The summed E-state index contributed by atoms with van der Waals surface area (Å²) in [6.07, 6.45) is 1.11. The van der Waals surface area contributed by atoms with E-state index < -0.39 is 6.09 Å². The summed E-state index contributed by atoms with van der Waals surface area (Å²) in [4.78, 5) is 24.4. The molecule has 0 aliphatic heterocycles. The van der Waals surface area contributed by atoms with Crippen molar-refractivity contribution in [1.82, 2.24) is 9.55 Å². The Kier molecular flexibility index (Phi) is 1.72. The van der Waals surface area contributed by atoms with Crippen molar-refractivity contribution >= 4 is 11.9 Å². The van der Waals surface area contributed by atoms with Crippen LogP contribution in [0.5, 0.6) is 0 Å². The van der Waals surface area contributed by atoms with Crippen LogP contribution in [0.2, 0.25) is 0 Å². The molecule has 0 fully saturated rings. The average Bonchev–Trinajstić information content (AvgIpc) is 2.33. The number of carbonyl (C=O) groups excluding carboxylic acids is 1. The predicted octanol–water partition coefficient (Wildman–Crippen LogP) is 0.612. The lowest BCUT2D eigenvalue weighted by atomic mass is 10.3. The van der Waals surface area contributed by atoms with E-state index in [2.05, 4.69) is 4.98 Å². The molecule has 0 bridgehead atoms. The molecule has 5 heteroatoms. The second kappa shape index (κ2) is 2.53. The zero-order chi connectivity index (χ0) is 8.43. The molecule has 1 heterocycles. The number of nitrogens with zero attached hydrogens (tertiary/aromatic N) is 2. The molecular weight excluding hydrogens is 148 g/mol. The maximum atomic E-state index is 10.6. The first-order valence-corrected chi connectivity index (χ1v) is 2.89. The monoisotopic (exact) mass is 154 g/mol. The number of hydrogen-bond donors (Lipinski definition) is 1. The van der Waals surface area contributed by atoms with Gasteiger partial charge in [-0.2, -0.15) is 0 Å². The maximum Gasteiger partial charge on any atom is 0.416 e. The first-order valence-electron chi connectivity index (χ1n) is 2.89. The molecule has 58 valence electrons. The number of carbonyl (C=O) groups is 2.